The van der Waals surface area contributed by atoms with E-state index in [1.54, 1.807) is 30.3 Å². The number of rotatable bonds is 4. The zero-order valence-corrected chi connectivity index (χ0v) is 19.4. The van der Waals surface area contributed by atoms with Crippen LogP contribution < -0.4 is 9.96 Å². The third-order valence-corrected chi connectivity index (χ3v) is 6.88. The van der Waals surface area contributed by atoms with Crippen molar-refractivity contribution >= 4 is 63.7 Å². The van der Waals surface area contributed by atoms with Crippen molar-refractivity contribution in [1.82, 2.24) is 0 Å². The van der Waals surface area contributed by atoms with Gasteiger partial charge in [0, 0.05) is 17.2 Å². The molecule has 2 aliphatic rings. The van der Waals surface area contributed by atoms with Crippen LogP contribution in [0.4, 0.5) is 17.1 Å². The monoisotopic (exact) mass is 517 g/mol. The molecule has 2 amide bonds. The quantitative estimate of drug-likeness (QED) is 0.253. The number of non-ortho nitro benzene ring substituents is 1. The lowest BCUT2D eigenvalue weighted by molar-refractivity contribution is -0.384. The van der Waals surface area contributed by atoms with E-state index >= 15 is 0 Å². The summed E-state index contributed by atoms with van der Waals surface area (Å²) in [5.74, 6) is -2.05. The van der Waals surface area contributed by atoms with Gasteiger partial charge in [0.1, 0.15) is 5.92 Å². The Kier molecular flexibility index (Phi) is 5.69. The zero-order valence-electron chi connectivity index (χ0n) is 17.1. The number of imide groups is 1. The Labute approximate surface area is 208 Å². The molecular formula is C23H14Cl3N3O5. The summed E-state index contributed by atoms with van der Waals surface area (Å²) in [4.78, 5) is 44.8. The van der Waals surface area contributed by atoms with Crippen molar-refractivity contribution in [2.24, 2.45) is 5.92 Å². The summed E-state index contributed by atoms with van der Waals surface area (Å²) in [5.41, 5.74) is 0.962. The first-order valence-electron chi connectivity index (χ1n) is 10.1. The predicted octanol–water partition coefficient (Wildman–Crippen LogP) is 5.61. The second kappa shape index (κ2) is 8.56. The van der Waals surface area contributed by atoms with Gasteiger partial charge in [-0.1, -0.05) is 59.1 Å². The van der Waals surface area contributed by atoms with Gasteiger partial charge in [-0.25, -0.2) is 9.96 Å². The molecule has 3 aromatic rings. The molecule has 0 unspecified atom stereocenters. The van der Waals surface area contributed by atoms with Gasteiger partial charge in [-0.15, -0.1) is 0 Å². The van der Waals surface area contributed by atoms with Gasteiger partial charge in [-0.05, 0) is 35.9 Å². The Morgan fingerprint density at radius 3 is 2.29 bits per heavy atom. The van der Waals surface area contributed by atoms with Crippen LogP contribution in [0.3, 0.4) is 0 Å². The molecule has 34 heavy (non-hydrogen) atoms. The maximum atomic E-state index is 13.6. The molecule has 0 saturated carbocycles. The molecule has 2 saturated heterocycles. The van der Waals surface area contributed by atoms with Crippen molar-refractivity contribution in [3.05, 3.63) is 97.5 Å². The van der Waals surface area contributed by atoms with Gasteiger partial charge in [0.15, 0.2) is 6.10 Å². The normalized spacial score (nSPS) is 21.8. The second-order valence-corrected chi connectivity index (χ2v) is 8.95. The highest BCUT2D eigenvalue weighted by Crippen LogP contribution is 2.49. The van der Waals surface area contributed by atoms with Crippen molar-refractivity contribution in [2.45, 2.75) is 12.1 Å². The van der Waals surface area contributed by atoms with E-state index in [4.69, 9.17) is 39.6 Å². The highest BCUT2D eigenvalue weighted by Gasteiger charge is 2.60. The largest absolute Gasteiger partial charge is 0.273 e. The summed E-state index contributed by atoms with van der Waals surface area (Å²) >= 11 is 18.6. The van der Waals surface area contributed by atoms with Gasteiger partial charge in [0.05, 0.1) is 32.4 Å². The van der Waals surface area contributed by atoms with Gasteiger partial charge in [0.2, 0.25) is 5.91 Å². The van der Waals surface area contributed by atoms with Crippen LogP contribution in [0, 0.1) is 16.0 Å². The average Bonchev–Trinajstić information content (AvgIpc) is 3.32. The van der Waals surface area contributed by atoms with Crippen molar-refractivity contribution in [3.8, 4) is 0 Å². The Hall–Kier alpha value is -3.17. The Morgan fingerprint density at radius 2 is 1.59 bits per heavy atom. The number of halogens is 3. The molecule has 2 aliphatic heterocycles. The second-order valence-electron chi connectivity index (χ2n) is 7.73. The molecule has 0 bridgehead atoms. The number of nitro groups is 1. The number of anilines is 2. The van der Waals surface area contributed by atoms with E-state index in [1.165, 1.54) is 41.5 Å². The fourth-order valence-corrected chi connectivity index (χ4v) is 4.83. The number of fused-ring (bicyclic) bond motifs is 1. The lowest BCUT2D eigenvalue weighted by atomic mass is 9.90. The van der Waals surface area contributed by atoms with E-state index in [-0.39, 0.29) is 21.4 Å². The first kappa shape index (κ1) is 22.6. The minimum atomic E-state index is -1.16. The SMILES string of the molecule is O=C1[C@H]2[C@@H](ON(c3cccc([N+](=O)[O-])c3)[C@H]2c2ccccc2Cl)C(=O)N1c1ccc(Cl)c(Cl)c1. The molecule has 8 nitrogen and oxygen atoms in total. The molecule has 0 spiro atoms. The van der Waals surface area contributed by atoms with Crippen LogP contribution >= 0.6 is 34.8 Å². The van der Waals surface area contributed by atoms with Gasteiger partial charge >= 0.3 is 0 Å². The van der Waals surface area contributed by atoms with Gasteiger partial charge in [-0.2, -0.15) is 0 Å². The summed E-state index contributed by atoms with van der Waals surface area (Å²) in [6.45, 7) is 0. The van der Waals surface area contributed by atoms with Crippen LogP contribution in [-0.2, 0) is 14.4 Å². The number of nitro benzene ring substituents is 1. The fraction of sp³-hybridized carbons (Fsp3) is 0.130. The summed E-state index contributed by atoms with van der Waals surface area (Å²) in [7, 11) is 0. The molecular weight excluding hydrogens is 505 g/mol. The van der Waals surface area contributed by atoms with Crippen LogP contribution in [0.15, 0.2) is 66.7 Å². The van der Waals surface area contributed by atoms with E-state index < -0.39 is 34.8 Å². The molecule has 2 heterocycles. The van der Waals surface area contributed by atoms with Crippen molar-refractivity contribution < 1.29 is 19.3 Å². The third-order valence-electron chi connectivity index (χ3n) is 5.80. The summed E-state index contributed by atoms with van der Waals surface area (Å²) in [5, 5.41) is 13.5. The standard InChI is InChI=1S/C23H14Cl3N3O5/c24-16-7-2-1-6-15(16)20-19-21(34-28(20)13-4-3-5-14(10-13)29(32)33)23(31)27(22(19)30)12-8-9-17(25)18(26)11-12/h1-11,19-21H/t19-,20+,21-/m1/s1. The van der Waals surface area contributed by atoms with Crippen LogP contribution in [0.2, 0.25) is 15.1 Å². The molecule has 11 heteroatoms. The number of nitrogens with zero attached hydrogens (tertiary/aromatic N) is 3. The fourth-order valence-electron chi connectivity index (χ4n) is 4.29. The number of hydrogen-bond acceptors (Lipinski definition) is 6. The molecule has 2 fully saturated rings. The van der Waals surface area contributed by atoms with Crippen LogP contribution in [0.1, 0.15) is 11.6 Å². The molecule has 0 aliphatic carbocycles. The summed E-state index contributed by atoms with van der Waals surface area (Å²) < 4.78 is 0. The van der Waals surface area contributed by atoms with E-state index in [0.717, 1.165) is 4.90 Å². The number of amides is 2. The van der Waals surface area contributed by atoms with Crippen molar-refractivity contribution in [1.29, 1.82) is 0 Å². The van der Waals surface area contributed by atoms with Crippen molar-refractivity contribution in [3.63, 3.8) is 0 Å². The zero-order chi connectivity index (χ0) is 24.1. The minimum Gasteiger partial charge on any atom is -0.273 e. The number of hydrogen-bond donors (Lipinski definition) is 0. The molecule has 172 valence electrons. The number of hydroxylamine groups is 1. The lowest BCUT2D eigenvalue weighted by Crippen LogP contribution is -2.37. The molecule has 3 aromatic carbocycles. The highest BCUT2D eigenvalue weighted by atomic mass is 35.5. The summed E-state index contributed by atoms with van der Waals surface area (Å²) in [6.07, 6.45) is -1.16. The lowest BCUT2D eigenvalue weighted by Gasteiger charge is -2.29. The van der Waals surface area contributed by atoms with E-state index in [1.807, 2.05) is 0 Å². The minimum absolute atomic E-state index is 0.161. The van der Waals surface area contributed by atoms with Gasteiger partial charge in [0.25, 0.3) is 11.6 Å². The van der Waals surface area contributed by atoms with Crippen LogP contribution in [0.25, 0.3) is 0 Å². The summed E-state index contributed by atoms with van der Waals surface area (Å²) in [6, 6.07) is 16.3. The number of carbonyl (C=O) groups is 2. The van der Waals surface area contributed by atoms with Gasteiger partial charge < -0.3 is 0 Å². The van der Waals surface area contributed by atoms with Crippen LogP contribution in [0.5, 0.6) is 0 Å². The average molecular weight is 519 g/mol. The topological polar surface area (TPSA) is 93.0 Å². The van der Waals surface area contributed by atoms with E-state index in [2.05, 4.69) is 0 Å². The third kappa shape index (κ3) is 3.59. The number of benzene rings is 3. The van der Waals surface area contributed by atoms with Crippen molar-refractivity contribution in [2.75, 3.05) is 9.96 Å². The maximum absolute atomic E-state index is 13.6. The van der Waals surface area contributed by atoms with E-state index in [9.17, 15) is 19.7 Å². The molecule has 5 rings (SSSR count). The first-order valence-corrected chi connectivity index (χ1v) is 11.2. The maximum Gasteiger partial charge on any atom is 0.271 e. The van der Waals surface area contributed by atoms with Gasteiger partial charge in [-0.3, -0.25) is 24.5 Å². The Morgan fingerprint density at radius 1 is 0.824 bits per heavy atom. The predicted molar refractivity (Wildman–Crippen MR) is 127 cm³/mol. The molecule has 0 N–H and O–H groups in total. The number of carbonyl (C=O) groups excluding carboxylic acids is 2. The highest BCUT2D eigenvalue weighted by molar-refractivity contribution is 6.42. The van der Waals surface area contributed by atoms with Crippen LogP contribution in [-0.4, -0.2) is 22.8 Å². The molecule has 3 atom stereocenters. The van der Waals surface area contributed by atoms with E-state index in [0.29, 0.717) is 16.3 Å². The molecule has 0 aromatic heterocycles. The molecule has 0 radical (unpaired) electrons. The Balaban J connectivity index is 1.61. The Bertz CT molecular complexity index is 1350. The first-order chi connectivity index (χ1) is 16.3. The smallest absolute Gasteiger partial charge is 0.271 e.